The fraction of sp³-hybridized carbons (Fsp3) is 0.200. The number of ether oxygens (including phenoxy) is 1. The molecule has 0 saturated carbocycles. The van der Waals surface area contributed by atoms with Gasteiger partial charge in [0.25, 0.3) is 0 Å². The molecule has 3 rings (SSSR count). The standard InChI is InChI=1S/C20H19ClN2O2/c1-14-3-5-15(6-4-14)11-18-12-19(20(24)25-2)22-23(18)13-16-7-9-17(21)10-8-16/h3-10,12H,11,13H2,1-2H3. The fourth-order valence-electron chi connectivity index (χ4n) is 2.62. The molecule has 5 heteroatoms. The maximum atomic E-state index is 11.9. The molecular formula is C20H19ClN2O2. The highest BCUT2D eigenvalue weighted by Crippen LogP contribution is 2.16. The molecule has 25 heavy (non-hydrogen) atoms. The number of benzene rings is 2. The summed E-state index contributed by atoms with van der Waals surface area (Å²) in [7, 11) is 1.36. The summed E-state index contributed by atoms with van der Waals surface area (Å²) in [5, 5.41) is 5.12. The van der Waals surface area contributed by atoms with Gasteiger partial charge in [-0.05, 0) is 36.2 Å². The van der Waals surface area contributed by atoms with Crippen molar-refractivity contribution in [2.45, 2.75) is 19.9 Å². The number of nitrogens with zero attached hydrogens (tertiary/aromatic N) is 2. The van der Waals surface area contributed by atoms with Crippen LogP contribution in [0.5, 0.6) is 0 Å². The van der Waals surface area contributed by atoms with Gasteiger partial charge in [0, 0.05) is 17.1 Å². The van der Waals surface area contributed by atoms with Crippen LogP contribution in [0.1, 0.15) is 32.9 Å². The molecule has 0 aliphatic carbocycles. The van der Waals surface area contributed by atoms with Gasteiger partial charge in [0.15, 0.2) is 5.69 Å². The smallest absolute Gasteiger partial charge is 0.358 e. The quantitative estimate of drug-likeness (QED) is 0.643. The van der Waals surface area contributed by atoms with E-state index in [1.807, 2.05) is 28.9 Å². The van der Waals surface area contributed by atoms with Crippen molar-refractivity contribution in [3.05, 3.63) is 87.7 Å². The number of aryl methyl sites for hydroxylation is 1. The third kappa shape index (κ3) is 4.28. The second-order valence-electron chi connectivity index (χ2n) is 5.96. The van der Waals surface area contributed by atoms with E-state index in [9.17, 15) is 4.79 Å². The molecule has 0 unspecified atom stereocenters. The predicted octanol–water partition coefficient (Wildman–Crippen LogP) is 4.27. The Balaban J connectivity index is 1.91. The highest BCUT2D eigenvalue weighted by molar-refractivity contribution is 6.30. The SMILES string of the molecule is COC(=O)c1cc(Cc2ccc(C)cc2)n(Cc2ccc(Cl)cc2)n1. The Kier molecular flexibility index (Phi) is 5.19. The number of carbonyl (C=O) groups is 1. The van der Waals surface area contributed by atoms with Crippen molar-refractivity contribution in [2.24, 2.45) is 0 Å². The van der Waals surface area contributed by atoms with Gasteiger partial charge in [-0.1, -0.05) is 53.6 Å². The number of carbonyl (C=O) groups excluding carboxylic acids is 1. The van der Waals surface area contributed by atoms with Crippen molar-refractivity contribution in [1.29, 1.82) is 0 Å². The summed E-state index contributed by atoms with van der Waals surface area (Å²) in [5.74, 6) is -0.431. The molecule has 128 valence electrons. The molecule has 0 aliphatic rings. The minimum absolute atomic E-state index is 0.318. The Morgan fingerprint density at radius 2 is 1.72 bits per heavy atom. The first-order valence-corrected chi connectivity index (χ1v) is 8.38. The van der Waals surface area contributed by atoms with Crippen LogP contribution < -0.4 is 0 Å². The maximum Gasteiger partial charge on any atom is 0.358 e. The Bertz CT molecular complexity index is 803. The van der Waals surface area contributed by atoms with E-state index in [-0.39, 0.29) is 0 Å². The molecule has 0 atom stereocenters. The average Bonchev–Trinajstić information content (AvgIpc) is 3.01. The molecule has 0 aliphatic heterocycles. The van der Waals surface area contributed by atoms with Crippen molar-refractivity contribution in [1.82, 2.24) is 9.78 Å². The van der Waals surface area contributed by atoms with Crippen molar-refractivity contribution in [3.8, 4) is 0 Å². The van der Waals surface area contributed by atoms with E-state index in [0.717, 1.165) is 11.3 Å². The topological polar surface area (TPSA) is 44.1 Å². The van der Waals surface area contributed by atoms with Crippen LogP contribution in [0.15, 0.2) is 54.6 Å². The van der Waals surface area contributed by atoms with E-state index in [0.29, 0.717) is 23.7 Å². The monoisotopic (exact) mass is 354 g/mol. The zero-order valence-corrected chi connectivity index (χ0v) is 15.0. The van der Waals surface area contributed by atoms with Gasteiger partial charge in [0.05, 0.1) is 13.7 Å². The number of aromatic nitrogens is 2. The molecule has 1 aromatic heterocycles. The second-order valence-corrected chi connectivity index (χ2v) is 6.40. The Hall–Kier alpha value is -2.59. The molecule has 0 bridgehead atoms. The molecule has 3 aromatic rings. The predicted molar refractivity (Wildman–Crippen MR) is 98.1 cm³/mol. The molecule has 4 nitrogen and oxygen atoms in total. The van der Waals surface area contributed by atoms with E-state index >= 15 is 0 Å². The molecule has 0 fully saturated rings. The lowest BCUT2D eigenvalue weighted by atomic mass is 10.1. The number of hydrogen-bond donors (Lipinski definition) is 0. The molecule has 2 aromatic carbocycles. The zero-order chi connectivity index (χ0) is 17.8. The summed E-state index contributed by atoms with van der Waals surface area (Å²) < 4.78 is 6.65. The van der Waals surface area contributed by atoms with E-state index in [1.54, 1.807) is 6.07 Å². The lowest BCUT2D eigenvalue weighted by molar-refractivity contribution is 0.0593. The van der Waals surface area contributed by atoms with Crippen LogP contribution in [0.3, 0.4) is 0 Å². The van der Waals surface area contributed by atoms with Gasteiger partial charge in [0.1, 0.15) is 0 Å². The van der Waals surface area contributed by atoms with Gasteiger partial charge >= 0.3 is 5.97 Å². The van der Waals surface area contributed by atoms with Crippen LogP contribution in [-0.2, 0) is 17.7 Å². The summed E-state index contributed by atoms with van der Waals surface area (Å²) in [4.78, 5) is 11.9. The number of esters is 1. The van der Waals surface area contributed by atoms with E-state index < -0.39 is 5.97 Å². The van der Waals surface area contributed by atoms with Gasteiger partial charge in [0.2, 0.25) is 0 Å². The van der Waals surface area contributed by atoms with Crippen molar-refractivity contribution < 1.29 is 9.53 Å². The molecule has 0 N–H and O–H groups in total. The average molecular weight is 355 g/mol. The number of hydrogen-bond acceptors (Lipinski definition) is 3. The van der Waals surface area contributed by atoms with Crippen molar-refractivity contribution in [3.63, 3.8) is 0 Å². The molecule has 0 saturated heterocycles. The summed E-state index contributed by atoms with van der Waals surface area (Å²) in [6, 6.07) is 17.7. The molecule has 0 spiro atoms. The Labute approximate surface area is 152 Å². The summed E-state index contributed by atoms with van der Waals surface area (Å²) in [6.45, 7) is 2.62. The minimum atomic E-state index is -0.431. The van der Waals surface area contributed by atoms with E-state index in [2.05, 4.69) is 36.3 Å². The minimum Gasteiger partial charge on any atom is -0.464 e. The van der Waals surface area contributed by atoms with Gasteiger partial charge < -0.3 is 4.74 Å². The molecular weight excluding hydrogens is 336 g/mol. The third-order valence-electron chi connectivity index (χ3n) is 4.01. The first-order valence-electron chi connectivity index (χ1n) is 8.00. The lowest BCUT2D eigenvalue weighted by Crippen LogP contribution is -2.08. The van der Waals surface area contributed by atoms with Gasteiger partial charge in [-0.3, -0.25) is 4.68 Å². The molecule has 1 heterocycles. The van der Waals surface area contributed by atoms with E-state index in [4.69, 9.17) is 16.3 Å². The zero-order valence-electron chi connectivity index (χ0n) is 14.2. The highest BCUT2D eigenvalue weighted by atomic mass is 35.5. The third-order valence-corrected chi connectivity index (χ3v) is 4.26. The van der Waals surface area contributed by atoms with Crippen LogP contribution in [-0.4, -0.2) is 22.9 Å². The van der Waals surface area contributed by atoms with Crippen LogP contribution in [0, 0.1) is 6.92 Å². The Morgan fingerprint density at radius 1 is 1.08 bits per heavy atom. The van der Waals surface area contributed by atoms with Crippen LogP contribution in [0.2, 0.25) is 5.02 Å². The summed E-state index contributed by atoms with van der Waals surface area (Å²) in [6.07, 6.45) is 0.692. The maximum absolute atomic E-state index is 11.9. The van der Waals surface area contributed by atoms with E-state index in [1.165, 1.54) is 18.2 Å². The molecule has 0 radical (unpaired) electrons. The highest BCUT2D eigenvalue weighted by Gasteiger charge is 2.15. The first kappa shape index (κ1) is 17.2. The normalized spacial score (nSPS) is 10.7. The number of rotatable bonds is 5. The van der Waals surface area contributed by atoms with Crippen molar-refractivity contribution in [2.75, 3.05) is 7.11 Å². The van der Waals surface area contributed by atoms with Crippen LogP contribution in [0.4, 0.5) is 0 Å². The number of halogens is 1. The second kappa shape index (κ2) is 7.53. The first-order chi connectivity index (χ1) is 12.0. The summed E-state index contributed by atoms with van der Waals surface area (Å²) >= 11 is 5.95. The van der Waals surface area contributed by atoms with Crippen LogP contribution in [0.25, 0.3) is 0 Å². The lowest BCUT2D eigenvalue weighted by Gasteiger charge is -2.08. The van der Waals surface area contributed by atoms with Gasteiger partial charge in [-0.25, -0.2) is 4.79 Å². The summed E-state index contributed by atoms with van der Waals surface area (Å²) in [5.41, 5.74) is 4.72. The van der Waals surface area contributed by atoms with Gasteiger partial charge in [-0.2, -0.15) is 5.10 Å². The van der Waals surface area contributed by atoms with Crippen molar-refractivity contribution >= 4 is 17.6 Å². The fourth-order valence-corrected chi connectivity index (χ4v) is 2.74. The molecule has 0 amide bonds. The Morgan fingerprint density at radius 3 is 2.36 bits per heavy atom. The van der Waals surface area contributed by atoms with Gasteiger partial charge in [-0.15, -0.1) is 0 Å². The number of methoxy groups -OCH3 is 1. The largest absolute Gasteiger partial charge is 0.464 e. The van der Waals surface area contributed by atoms with Crippen LogP contribution >= 0.6 is 11.6 Å².